The van der Waals surface area contributed by atoms with Crippen LogP contribution in [-0.4, -0.2) is 71.8 Å². The summed E-state index contributed by atoms with van der Waals surface area (Å²) in [7, 11) is -5.14. The Morgan fingerprint density at radius 3 is 1.27 bits per heavy atom. The Morgan fingerprint density at radius 1 is 1.27 bits per heavy atom. The maximum atomic E-state index is 8.66. The molecule has 0 aromatic carbocycles. The Bertz CT molecular complexity index is 118. The van der Waals surface area contributed by atoms with Crippen molar-refractivity contribution in [2.75, 3.05) is 0 Å². The molecular weight excluding hydrogens is 219 g/mol. The molecule has 0 aliphatic carbocycles. The van der Waals surface area contributed by atoms with Gasteiger partial charge >= 0.3 is 60.8 Å². The molecule has 0 aliphatic rings. The van der Waals surface area contributed by atoms with Crippen molar-refractivity contribution in [3.05, 3.63) is 0 Å². The number of rotatable bonds is 0. The monoisotopic (exact) mass is 220 g/mol. The molecule has 56 valence electrons. The van der Waals surface area contributed by atoms with Gasteiger partial charge in [-0.1, -0.05) is 0 Å². The van der Waals surface area contributed by atoms with Crippen LogP contribution in [0.3, 0.4) is 0 Å². The molecule has 0 unspecified atom stereocenters. The number of carbonyl (C=O) groups is 1. The van der Waals surface area contributed by atoms with Crippen molar-refractivity contribution >= 4 is 74.8 Å². The zero-order valence-corrected chi connectivity index (χ0v) is 9.78. The molecule has 0 saturated carbocycles. The zero-order valence-electron chi connectivity index (χ0n) is 5.26. The Balaban J connectivity index is -0.0000000383. The van der Waals surface area contributed by atoms with Gasteiger partial charge in [0.2, 0.25) is 0 Å². The van der Waals surface area contributed by atoms with Gasteiger partial charge in [-0.3, -0.25) is 0 Å². The standard InChI is InChI=1S/CH2O3.Ca.Mg.H3O4P/c2-1(3)4;;;1-5(2,3)4/h(H2,2,3,4);;;(H3,1,2,3,4)/q;2*+2;/p-4. The summed E-state index contributed by atoms with van der Waals surface area (Å²) >= 11 is 0. The van der Waals surface area contributed by atoms with Crippen LogP contribution in [-0.2, 0) is 4.57 Å². The van der Waals surface area contributed by atoms with E-state index < -0.39 is 14.0 Å². The van der Waals surface area contributed by atoms with E-state index in [0.29, 0.717) is 0 Å². The van der Waals surface area contributed by atoms with Crippen molar-refractivity contribution in [3.63, 3.8) is 0 Å². The van der Waals surface area contributed by atoms with E-state index in [-0.39, 0.29) is 60.8 Å². The maximum Gasteiger partial charge on any atom is 2.00 e. The van der Waals surface area contributed by atoms with Crippen molar-refractivity contribution < 1.29 is 34.3 Å². The first-order valence-corrected chi connectivity index (χ1v) is 2.86. The van der Waals surface area contributed by atoms with Gasteiger partial charge < -0.3 is 34.3 Å². The Hall–Kier alpha value is 1.41. The van der Waals surface area contributed by atoms with Crippen molar-refractivity contribution in [1.82, 2.24) is 0 Å². The van der Waals surface area contributed by atoms with Crippen molar-refractivity contribution in [1.29, 1.82) is 0 Å². The fraction of sp³-hybridized carbons (Fsp3) is 0. The Kier molecular flexibility index (Phi) is 23.7. The normalized spacial score (nSPS) is 7.55. The first kappa shape index (κ1) is 22.8. The van der Waals surface area contributed by atoms with Crippen LogP contribution in [0.25, 0.3) is 0 Å². The van der Waals surface area contributed by atoms with Crippen molar-refractivity contribution in [3.8, 4) is 0 Å². The average molecular weight is 220 g/mol. The molecule has 0 aromatic heterocycles. The summed E-state index contributed by atoms with van der Waals surface area (Å²) < 4.78 is 8.66. The molecule has 7 nitrogen and oxygen atoms in total. The van der Waals surface area contributed by atoms with Gasteiger partial charge in [0, 0.05) is 0 Å². The quantitative estimate of drug-likeness (QED) is 0.316. The molecule has 0 bridgehead atoms. The van der Waals surface area contributed by atoms with Crippen LogP contribution in [0.5, 0.6) is 0 Å². The smallest absolute Gasteiger partial charge is 0.790 e. The van der Waals surface area contributed by atoms with E-state index in [1.54, 1.807) is 0 Å². The summed E-state index contributed by atoms with van der Waals surface area (Å²) in [5, 5.41) is 16.7. The van der Waals surface area contributed by atoms with Gasteiger partial charge in [0.15, 0.2) is 0 Å². The van der Waals surface area contributed by atoms with Crippen LogP contribution in [0.15, 0.2) is 0 Å². The van der Waals surface area contributed by atoms with E-state index in [4.69, 9.17) is 34.3 Å². The largest absolute Gasteiger partial charge is 2.00 e. The molecule has 11 heavy (non-hydrogen) atoms. The first-order valence-electron chi connectivity index (χ1n) is 1.36. The van der Waals surface area contributed by atoms with Crippen LogP contribution in [0.4, 0.5) is 4.79 Å². The minimum atomic E-state index is -5.14. The van der Waals surface area contributed by atoms with Gasteiger partial charge in [0.25, 0.3) is 0 Å². The van der Waals surface area contributed by atoms with Gasteiger partial charge in [-0.15, -0.1) is 0 Å². The Morgan fingerprint density at radius 2 is 1.27 bits per heavy atom. The fourth-order valence-electron chi connectivity index (χ4n) is 0. The third kappa shape index (κ3) is 510. The van der Waals surface area contributed by atoms with E-state index >= 15 is 0 Å². The molecule has 0 aromatic rings. The number of hydrogen-bond donors (Lipinski definition) is 1. The molecule has 0 amide bonds. The summed E-state index contributed by atoms with van der Waals surface area (Å²) in [6, 6.07) is 0. The van der Waals surface area contributed by atoms with E-state index in [2.05, 4.69) is 0 Å². The Labute approximate surface area is 108 Å². The number of carbonyl (C=O) groups excluding carboxylic acids is 1. The fourth-order valence-corrected chi connectivity index (χ4v) is 0. The van der Waals surface area contributed by atoms with Crippen LogP contribution in [0, 0.1) is 0 Å². The van der Waals surface area contributed by atoms with Gasteiger partial charge in [0.05, 0.1) is 7.82 Å². The predicted octanol–water partition coefficient (Wildman–Crippen LogP) is -5.40. The van der Waals surface area contributed by atoms with Crippen LogP contribution < -0.4 is 20.0 Å². The molecule has 0 spiro atoms. The van der Waals surface area contributed by atoms with Crippen LogP contribution >= 0.6 is 7.82 Å². The molecule has 0 heterocycles. The van der Waals surface area contributed by atoms with Crippen molar-refractivity contribution in [2.45, 2.75) is 0 Å². The number of hydrogen-bond acceptors (Lipinski definition) is 6. The summed E-state index contributed by atoms with van der Waals surface area (Å²) in [4.78, 5) is 32.6. The van der Waals surface area contributed by atoms with E-state index in [1.807, 2.05) is 0 Å². The SMILES string of the molecule is O=C([O-])[O-].O=P([O-])([O-])O.[Ca+2].[Mg+2]. The second-order valence-electron chi connectivity index (χ2n) is 0.719. The second-order valence-corrected chi connectivity index (χ2v) is 1.66. The second kappa shape index (κ2) is 11.4. The zero-order chi connectivity index (χ0) is 8.08. The van der Waals surface area contributed by atoms with Crippen molar-refractivity contribution in [2.24, 2.45) is 0 Å². The molecule has 0 rings (SSSR count). The van der Waals surface area contributed by atoms with Gasteiger partial charge in [0.1, 0.15) is 0 Å². The van der Waals surface area contributed by atoms with Crippen LogP contribution in [0.1, 0.15) is 0 Å². The van der Waals surface area contributed by atoms with E-state index in [9.17, 15) is 0 Å². The predicted molar refractivity (Wildman–Crippen MR) is 26.7 cm³/mol. The van der Waals surface area contributed by atoms with Gasteiger partial charge in [-0.2, -0.15) is 0 Å². The molecule has 0 radical (unpaired) electrons. The summed E-state index contributed by atoms with van der Waals surface area (Å²) in [6.45, 7) is 0. The first-order chi connectivity index (χ1) is 3.73. The third-order valence-corrected chi connectivity index (χ3v) is 0. The van der Waals surface area contributed by atoms with Gasteiger partial charge in [-0.05, 0) is 6.16 Å². The van der Waals surface area contributed by atoms with Crippen LogP contribution in [0.2, 0.25) is 0 Å². The molecular formula is CHCaMgO7P. The summed E-state index contributed by atoms with van der Waals surface area (Å²) in [6.07, 6.45) is -2.33. The van der Waals surface area contributed by atoms with E-state index in [1.165, 1.54) is 0 Å². The average Bonchev–Trinajstić information content (AvgIpc) is 1.19. The number of phosphoric acid groups is 1. The molecule has 0 saturated heterocycles. The summed E-state index contributed by atoms with van der Waals surface area (Å²) in [5.74, 6) is 0. The topological polar surface area (TPSA) is 147 Å². The third-order valence-electron chi connectivity index (χ3n) is 0. The maximum absolute atomic E-state index is 8.66. The molecule has 0 atom stereocenters. The molecule has 0 aliphatic heterocycles. The van der Waals surface area contributed by atoms with Gasteiger partial charge in [-0.25, -0.2) is 0 Å². The van der Waals surface area contributed by atoms with E-state index in [0.717, 1.165) is 0 Å². The molecule has 10 heteroatoms. The molecule has 0 fully saturated rings. The number of carboxylic acid groups (broad SMARTS) is 2. The minimum Gasteiger partial charge on any atom is -0.790 e. The minimum absolute atomic E-state index is 0. The molecule has 1 N–H and O–H groups in total. The summed E-state index contributed by atoms with van der Waals surface area (Å²) in [5.41, 5.74) is 0.